The Labute approximate surface area is 96.8 Å². The fourth-order valence-electron chi connectivity index (χ4n) is 2.17. The molecule has 0 atom stereocenters. The van der Waals surface area contributed by atoms with Gasteiger partial charge >= 0.3 is 0 Å². The van der Waals surface area contributed by atoms with Crippen molar-refractivity contribution in [1.29, 1.82) is 0 Å². The molecule has 2 N–H and O–H groups in total. The third kappa shape index (κ3) is 1.67. The topological polar surface area (TPSA) is 43.1 Å². The minimum absolute atomic E-state index is 0.230. The highest BCUT2D eigenvalue weighted by molar-refractivity contribution is 6.03. The molecule has 0 aromatic heterocycles. The number of hydrogen-bond acceptors (Lipinski definition) is 2. The van der Waals surface area contributed by atoms with Crippen LogP contribution in [0, 0.1) is 26.2 Å². The van der Waals surface area contributed by atoms with Gasteiger partial charge < -0.3 is 5.73 Å². The Hall–Kier alpha value is -1.15. The van der Waals surface area contributed by atoms with Gasteiger partial charge in [-0.05, 0) is 56.4 Å². The standard InChI is InChI=1S/C14H19NO/c1-9-6-11(3)12(7-10(9)2)13(16)14(8-15)4-5-14/h6-7H,4-5,8,15H2,1-3H3. The summed E-state index contributed by atoms with van der Waals surface area (Å²) in [5.74, 6) is 0.246. The van der Waals surface area contributed by atoms with Crippen molar-refractivity contribution in [3.8, 4) is 0 Å². The molecule has 0 radical (unpaired) electrons. The first-order valence-corrected chi connectivity index (χ1v) is 5.83. The lowest BCUT2D eigenvalue weighted by Gasteiger charge is -2.14. The summed E-state index contributed by atoms with van der Waals surface area (Å²) in [5.41, 5.74) is 9.84. The molecule has 0 heterocycles. The molecule has 1 saturated carbocycles. The van der Waals surface area contributed by atoms with E-state index in [9.17, 15) is 4.79 Å². The number of ketones is 1. The predicted molar refractivity (Wildman–Crippen MR) is 65.7 cm³/mol. The zero-order valence-electron chi connectivity index (χ0n) is 10.3. The van der Waals surface area contributed by atoms with Gasteiger partial charge in [-0.15, -0.1) is 0 Å². The van der Waals surface area contributed by atoms with Crippen LogP contribution in [0.15, 0.2) is 12.1 Å². The second-order valence-corrected chi connectivity index (χ2v) is 5.06. The number of carbonyl (C=O) groups excluding carboxylic acids is 1. The molecule has 0 spiro atoms. The minimum atomic E-state index is -0.230. The van der Waals surface area contributed by atoms with Crippen molar-refractivity contribution in [1.82, 2.24) is 0 Å². The number of Topliss-reactive ketones (excluding diaryl/α,β-unsaturated/α-hetero) is 1. The van der Waals surface area contributed by atoms with Crippen molar-refractivity contribution in [2.24, 2.45) is 11.1 Å². The largest absolute Gasteiger partial charge is 0.329 e. The summed E-state index contributed by atoms with van der Waals surface area (Å²) in [6.45, 7) is 6.62. The smallest absolute Gasteiger partial charge is 0.170 e. The van der Waals surface area contributed by atoms with Crippen LogP contribution in [0.25, 0.3) is 0 Å². The van der Waals surface area contributed by atoms with Gasteiger partial charge in [-0.2, -0.15) is 0 Å². The molecule has 2 heteroatoms. The van der Waals surface area contributed by atoms with Gasteiger partial charge in [0.15, 0.2) is 5.78 Å². The molecular formula is C14H19NO. The van der Waals surface area contributed by atoms with Gasteiger partial charge in [-0.3, -0.25) is 4.79 Å². The number of nitrogens with two attached hydrogens (primary N) is 1. The Kier molecular flexibility index (Phi) is 2.62. The minimum Gasteiger partial charge on any atom is -0.329 e. The molecule has 1 aliphatic rings. The highest BCUT2D eigenvalue weighted by Crippen LogP contribution is 2.47. The molecular weight excluding hydrogens is 198 g/mol. The predicted octanol–water partition coefficient (Wildman–Crippen LogP) is 2.53. The van der Waals surface area contributed by atoms with Crippen LogP contribution in [-0.4, -0.2) is 12.3 Å². The lowest BCUT2D eigenvalue weighted by molar-refractivity contribution is 0.0905. The van der Waals surface area contributed by atoms with E-state index in [0.29, 0.717) is 6.54 Å². The molecule has 0 saturated heterocycles. The van der Waals surface area contributed by atoms with Gasteiger partial charge in [-0.25, -0.2) is 0 Å². The molecule has 0 unspecified atom stereocenters. The summed E-state index contributed by atoms with van der Waals surface area (Å²) in [6.07, 6.45) is 1.91. The third-order valence-electron chi connectivity index (χ3n) is 3.81. The molecule has 1 fully saturated rings. The van der Waals surface area contributed by atoms with Crippen molar-refractivity contribution >= 4 is 5.78 Å². The van der Waals surface area contributed by atoms with Crippen LogP contribution in [0.5, 0.6) is 0 Å². The maximum atomic E-state index is 12.4. The van der Waals surface area contributed by atoms with E-state index in [1.807, 2.05) is 19.9 Å². The summed E-state index contributed by atoms with van der Waals surface area (Å²) in [6, 6.07) is 4.11. The van der Waals surface area contributed by atoms with Gasteiger partial charge in [0, 0.05) is 17.5 Å². The van der Waals surface area contributed by atoms with Crippen LogP contribution in [0.2, 0.25) is 0 Å². The second-order valence-electron chi connectivity index (χ2n) is 5.06. The van der Waals surface area contributed by atoms with Crippen LogP contribution in [0.1, 0.15) is 39.9 Å². The fraction of sp³-hybridized carbons (Fsp3) is 0.500. The molecule has 0 amide bonds. The van der Waals surface area contributed by atoms with E-state index in [1.165, 1.54) is 11.1 Å². The number of benzene rings is 1. The van der Waals surface area contributed by atoms with Crippen molar-refractivity contribution in [2.45, 2.75) is 33.6 Å². The first-order chi connectivity index (χ1) is 7.50. The summed E-state index contributed by atoms with van der Waals surface area (Å²) in [7, 11) is 0. The molecule has 2 rings (SSSR count). The van der Waals surface area contributed by atoms with Gasteiger partial charge in [0.1, 0.15) is 0 Å². The van der Waals surface area contributed by atoms with E-state index in [2.05, 4.69) is 13.0 Å². The lowest BCUT2D eigenvalue weighted by atomic mass is 9.90. The molecule has 86 valence electrons. The number of hydrogen-bond donors (Lipinski definition) is 1. The third-order valence-corrected chi connectivity index (χ3v) is 3.81. The van der Waals surface area contributed by atoms with E-state index in [1.54, 1.807) is 0 Å². The number of aryl methyl sites for hydroxylation is 3. The first-order valence-electron chi connectivity index (χ1n) is 5.83. The van der Waals surface area contributed by atoms with Gasteiger partial charge in [0.2, 0.25) is 0 Å². The van der Waals surface area contributed by atoms with Crippen LogP contribution in [0.3, 0.4) is 0 Å². The zero-order chi connectivity index (χ0) is 11.9. The molecule has 2 nitrogen and oxygen atoms in total. The molecule has 1 aliphatic carbocycles. The average Bonchev–Trinajstić information content (AvgIpc) is 3.03. The lowest BCUT2D eigenvalue weighted by Crippen LogP contribution is -2.26. The van der Waals surface area contributed by atoms with E-state index < -0.39 is 0 Å². The number of carbonyl (C=O) groups is 1. The van der Waals surface area contributed by atoms with Crippen molar-refractivity contribution in [3.63, 3.8) is 0 Å². The van der Waals surface area contributed by atoms with Crippen LogP contribution in [0.4, 0.5) is 0 Å². The van der Waals surface area contributed by atoms with Crippen molar-refractivity contribution < 1.29 is 4.79 Å². The van der Waals surface area contributed by atoms with E-state index in [0.717, 1.165) is 24.0 Å². The molecule has 1 aromatic carbocycles. The summed E-state index contributed by atoms with van der Waals surface area (Å²) in [5, 5.41) is 0. The SMILES string of the molecule is Cc1cc(C)c(C(=O)C2(CN)CC2)cc1C. The Morgan fingerprint density at radius 2 is 1.75 bits per heavy atom. The maximum absolute atomic E-state index is 12.4. The highest BCUT2D eigenvalue weighted by Gasteiger charge is 2.48. The monoisotopic (exact) mass is 217 g/mol. The van der Waals surface area contributed by atoms with Crippen LogP contribution in [-0.2, 0) is 0 Å². The maximum Gasteiger partial charge on any atom is 0.170 e. The Morgan fingerprint density at radius 1 is 1.19 bits per heavy atom. The second kappa shape index (κ2) is 3.70. The first kappa shape index (κ1) is 11.3. The Bertz CT molecular complexity index is 444. The molecule has 0 aliphatic heterocycles. The van der Waals surface area contributed by atoms with Crippen LogP contribution >= 0.6 is 0 Å². The quantitative estimate of drug-likeness (QED) is 0.791. The van der Waals surface area contributed by atoms with Gasteiger partial charge in [-0.1, -0.05) is 6.07 Å². The summed E-state index contributed by atoms with van der Waals surface area (Å²) >= 11 is 0. The highest BCUT2D eigenvalue weighted by atomic mass is 16.1. The Balaban J connectivity index is 2.41. The van der Waals surface area contributed by atoms with Gasteiger partial charge in [0.05, 0.1) is 0 Å². The van der Waals surface area contributed by atoms with E-state index >= 15 is 0 Å². The fourth-order valence-corrected chi connectivity index (χ4v) is 2.17. The van der Waals surface area contributed by atoms with Crippen molar-refractivity contribution in [2.75, 3.05) is 6.54 Å². The average molecular weight is 217 g/mol. The zero-order valence-corrected chi connectivity index (χ0v) is 10.3. The number of rotatable bonds is 3. The Morgan fingerprint density at radius 3 is 2.25 bits per heavy atom. The van der Waals surface area contributed by atoms with E-state index in [-0.39, 0.29) is 11.2 Å². The summed E-state index contributed by atoms with van der Waals surface area (Å²) < 4.78 is 0. The van der Waals surface area contributed by atoms with Crippen molar-refractivity contribution in [3.05, 3.63) is 34.4 Å². The normalized spacial score (nSPS) is 17.2. The molecule has 1 aromatic rings. The van der Waals surface area contributed by atoms with E-state index in [4.69, 9.17) is 5.73 Å². The van der Waals surface area contributed by atoms with Crippen LogP contribution < -0.4 is 5.73 Å². The molecule has 16 heavy (non-hydrogen) atoms. The summed E-state index contributed by atoms with van der Waals surface area (Å²) in [4.78, 5) is 12.4. The molecule has 0 bridgehead atoms. The van der Waals surface area contributed by atoms with Gasteiger partial charge in [0.25, 0.3) is 0 Å².